The first-order chi connectivity index (χ1) is 12.6. The van der Waals surface area contributed by atoms with Gasteiger partial charge in [0.25, 0.3) is 0 Å². The van der Waals surface area contributed by atoms with Crippen LogP contribution >= 0.6 is 0 Å². The lowest BCUT2D eigenvalue weighted by Gasteiger charge is -2.13. The van der Waals surface area contributed by atoms with Gasteiger partial charge in [0.05, 0.1) is 25.2 Å². The lowest BCUT2D eigenvalue weighted by atomic mass is 10.1. The van der Waals surface area contributed by atoms with Crippen LogP contribution in [0.3, 0.4) is 0 Å². The second kappa shape index (κ2) is 8.92. The van der Waals surface area contributed by atoms with Crippen molar-refractivity contribution in [1.29, 1.82) is 0 Å². The summed E-state index contributed by atoms with van der Waals surface area (Å²) in [6.45, 7) is 0.581. The summed E-state index contributed by atoms with van der Waals surface area (Å²) in [6.07, 6.45) is 3.98. The molecule has 0 aromatic heterocycles. The van der Waals surface area contributed by atoms with Crippen LogP contribution in [0.2, 0.25) is 0 Å². The smallest absolute Gasteiger partial charge is 0.227 e. The normalized spacial score (nSPS) is 15.8. The second-order valence-corrected chi connectivity index (χ2v) is 6.74. The standard InChI is InChI=1S/C21H24FNO3/c22-17-5-3-4-16(12-17)20(24)13-21(25)23-18-10-8-15(9-11-18)14-26-19-6-1-2-7-19/h3-5,8-12,19-20,24H,1-2,6-7,13-14H2,(H,23,25)/t20-/m1/s1. The fourth-order valence-electron chi connectivity index (χ4n) is 3.17. The molecule has 1 saturated carbocycles. The van der Waals surface area contributed by atoms with Crippen LogP contribution in [-0.4, -0.2) is 17.1 Å². The Kier molecular flexibility index (Phi) is 6.36. The van der Waals surface area contributed by atoms with Crippen LogP contribution in [0.25, 0.3) is 0 Å². The molecule has 2 aromatic carbocycles. The van der Waals surface area contributed by atoms with Crippen LogP contribution in [0.4, 0.5) is 10.1 Å². The third kappa shape index (κ3) is 5.38. The van der Waals surface area contributed by atoms with E-state index in [1.165, 1.54) is 31.0 Å². The summed E-state index contributed by atoms with van der Waals surface area (Å²) in [5.74, 6) is -0.755. The van der Waals surface area contributed by atoms with E-state index >= 15 is 0 Å². The number of rotatable bonds is 7. The summed E-state index contributed by atoms with van der Waals surface area (Å²) >= 11 is 0. The number of carbonyl (C=O) groups excluding carboxylic acids is 1. The van der Waals surface area contributed by atoms with Crippen LogP contribution in [0, 0.1) is 5.82 Å². The van der Waals surface area contributed by atoms with E-state index < -0.39 is 11.9 Å². The van der Waals surface area contributed by atoms with Crippen LogP contribution in [0.5, 0.6) is 0 Å². The number of carbonyl (C=O) groups is 1. The Hall–Kier alpha value is -2.24. The molecule has 26 heavy (non-hydrogen) atoms. The minimum atomic E-state index is -1.04. The molecule has 3 rings (SSSR count). The summed E-state index contributed by atoms with van der Waals surface area (Å²) in [4.78, 5) is 12.1. The highest BCUT2D eigenvalue weighted by molar-refractivity contribution is 5.91. The largest absolute Gasteiger partial charge is 0.388 e. The Morgan fingerprint density at radius 2 is 1.92 bits per heavy atom. The van der Waals surface area contributed by atoms with E-state index in [0.717, 1.165) is 18.4 Å². The number of benzene rings is 2. The Labute approximate surface area is 153 Å². The Morgan fingerprint density at radius 3 is 2.62 bits per heavy atom. The zero-order valence-electron chi connectivity index (χ0n) is 14.7. The van der Waals surface area contributed by atoms with E-state index in [1.54, 1.807) is 6.07 Å². The quantitative estimate of drug-likeness (QED) is 0.775. The van der Waals surface area contributed by atoms with E-state index in [2.05, 4.69) is 5.32 Å². The van der Waals surface area contributed by atoms with Crippen LogP contribution < -0.4 is 5.32 Å². The molecule has 5 heteroatoms. The molecule has 0 unspecified atom stereocenters. The van der Waals surface area contributed by atoms with Gasteiger partial charge in [-0.15, -0.1) is 0 Å². The van der Waals surface area contributed by atoms with Gasteiger partial charge < -0.3 is 15.2 Å². The van der Waals surface area contributed by atoms with Gasteiger partial charge in [0.1, 0.15) is 5.82 Å². The number of aliphatic hydroxyl groups excluding tert-OH is 1. The van der Waals surface area contributed by atoms with E-state index in [-0.39, 0.29) is 12.3 Å². The molecule has 1 atom stereocenters. The number of aliphatic hydroxyl groups is 1. The van der Waals surface area contributed by atoms with Gasteiger partial charge in [0.2, 0.25) is 5.91 Å². The Bertz CT molecular complexity index is 726. The number of anilines is 1. The zero-order valence-corrected chi connectivity index (χ0v) is 14.7. The highest BCUT2D eigenvalue weighted by Gasteiger charge is 2.16. The number of halogens is 1. The monoisotopic (exact) mass is 357 g/mol. The summed E-state index contributed by atoms with van der Waals surface area (Å²) in [5.41, 5.74) is 2.11. The minimum Gasteiger partial charge on any atom is -0.388 e. The number of hydrogen-bond acceptors (Lipinski definition) is 3. The number of hydrogen-bond donors (Lipinski definition) is 2. The van der Waals surface area contributed by atoms with E-state index in [1.807, 2.05) is 24.3 Å². The van der Waals surface area contributed by atoms with Gasteiger partial charge in [-0.3, -0.25) is 4.79 Å². The van der Waals surface area contributed by atoms with Gasteiger partial charge in [-0.05, 0) is 48.2 Å². The Balaban J connectivity index is 1.47. The highest BCUT2D eigenvalue weighted by Crippen LogP contribution is 2.23. The van der Waals surface area contributed by atoms with Crippen molar-refractivity contribution in [3.8, 4) is 0 Å². The van der Waals surface area contributed by atoms with E-state index in [9.17, 15) is 14.3 Å². The summed E-state index contributed by atoms with van der Waals surface area (Å²) < 4.78 is 19.1. The van der Waals surface area contributed by atoms with Crippen molar-refractivity contribution in [1.82, 2.24) is 0 Å². The SMILES string of the molecule is O=C(C[C@@H](O)c1cccc(F)c1)Nc1ccc(COC2CCCC2)cc1. The van der Waals surface area contributed by atoms with Crippen LogP contribution in [0.15, 0.2) is 48.5 Å². The number of amides is 1. The topological polar surface area (TPSA) is 58.6 Å². The van der Waals surface area contributed by atoms with Crippen LogP contribution in [0.1, 0.15) is 49.3 Å². The fourth-order valence-corrected chi connectivity index (χ4v) is 3.17. The van der Waals surface area contributed by atoms with Crippen molar-refractivity contribution in [3.63, 3.8) is 0 Å². The van der Waals surface area contributed by atoms with Crippen LogP contribution in [-0.2, 0) is 16.1 Å². The molecule has 2 aromatic rings. The molecule has 1 amide bonds. The van der Waals surface area contributed by atoms with Crippen molar-refractivity contribution >= 4 is 11.6 Å². The third-order valence-electron chi connectivity index (χ3n) is 4.64. The predicted octanol–water partition coefficient (Wildman–Crippen LogP) is 4.35. The molecule has 2 N–H and O–H groups in total. The summed E-state index contributed by atoms with van der Waals surface area (Å²) in [6, 6.07) is 13.1. The molecule has 1 aliphatic rings. The first kappa shape index (κ1) is 18.5. The summed E-state index contributed by atoms with van der Waals surface area (Å²) in [7, 11) is 0. The maximum atomic E-state index is 13.2. The van der Waals surface area contributed by atoms with Crippen molar-refractivity contribution in [2.75, 3.05) is 5.32 Å². The first-order valence-corrected chi connectivity index (χ1v) is 9.04. The molecule has 1 aliphatic carbocycles. The zero-order chi connectivity index (χ0) is 18.4. The van der Waals surface area contributed by atoms with Crippen molar-refractivity contribution in [2.45, 2.75) is 50.9 Å². The predicted molar refractivity (Wildman–Crippen MR) is 98.1 cm³/mol. The summed E-state index contributed by atoms with van der Waals surface area (Å²) in [5, 5.41) is 12.8. The average Bonchev–Trinajstić information content (AvgIpc) is 3.14. The van der Waals surface area contributed by atoms with Gasteiger partial charge >= 0.3 is 0 Å². The molecule has 4 nitrogen and oxygen atoms in total. The average molecular weight is 357 g/mol. The lowest BCUT2D eigenvalue weighted by Crippen LogP contribution is -2.15. The van der Waals surface area contributed by atoms with Gasteiger partial charge in [0.15, 0.2) is 0 Å². The highest BCUT2D eigenvalue weighted by atomic mass is 19.1. The number of ether oxygens (including phenoxy) is 1. The molecule has 0 saturated heterocycles. The molecule has 1 fully saturated rings. The minimum absolute atomic E-state index is 0.129. The molecule has 0 spiro atoms. The maximum Gasteiger partial charge on any atom is 0.227 e. The van der Waals surface area contributed by atoms with Crippen molar-refractivity contribution in [3.05, 3.63) is 65.5 Å². The first-order valence-electron chi connectivity index (χ1n) is 9.04. The lowest BCUT2D eigenvalue weighted by molar-refractivity contribution is -0.118. The van der Waals surface area contributed by atoms with Gasteiger partial charge in [-0.2, -0.15) is 0 Å². The van der Waals surface area contributed by atoms with Gasteiger partial charge in [0, 0.05) is 5.69 Å². The van der Waals surface area contributed by atoms with Gasteiger partial charge in [-0.25, -0.2) is 4.39 Å². The molecule has 0 aliphatic heterocycles. The molecule has 0 bridgehead atoms. The molecule has 0 heterocycles. The maximum absolute atomic E-state index is 13.2. The molecule has 0 radical (unpaired) electrons. The van der Waals surface area contributed by atoms with E-state index in [0.29, 0.717) is 24.0 Å². The second-order valence-electron chi connectivity index (χ2n) is 6.74. The number of nitrogens with one attached hydrogen (secondary N) is 1. The molecular formula is C21H24FNO3. The Morgan fingerprint density at radius 1 is 1.19 bits per heavy atom. The molecule has 138 valence electrons. The van der Waals surface area contributed by atoms with Crippen molar-refractivity contribution in [2.24, 2.45) is 0 Å². The van der Waals surface area contributed by atoms with Crippen molar-refractivity contribution < 1.29 is 19.0 Å². The fraction of sp³-hybridized carbons (Fsp3) is 0.381. The van der Waals surface area contributed by atoms with Gasteiger partial charge in [-0.1, -0.05) is 37.1 Å². The van der Waals surface area contributed by atoms with E-state index in [4.69, 9.17) is 4.74 Å². The molecular weight excluding hydrogens is 333 g/mol. The third-order valence-corrected chi connectivity index (χ3v) is 4.64.